The van der Waals surface area contributed by atoms with Gasteiger partial charge >= 0.3 is 6.92 Å². The highest BCUT2D eigenvalue weighted by Crippen LogP contribution is 2.45. The van der Waals surface area contributed by atoms with Crippen LogP contribution in [0.4, 0.5) is 0 Å². The van der Waals surface area contributed by atoms with Gasteiger partial charge in [0.15, 0.2) is 0 Å². The van der Waals surface area contributed by atoms with Gasteiger partial charge in [-0.25, -0.2) is 0 Å². The Morgan fingerprint density at radius 1 is 0.415 bits per heavy atom. The molecule has 5 heteroatoms. The maximum absolute atomic E-state index is 7.03. The third-order valence-electron chi connectivity index (χ3n) is 11.7. The fraction of sp³-hybridized carbons (Fsp3) is 0. The molecular weight excluding hydrogens is 647 g/mol. The van der Waals surface area contributed by atoms with Gasteiger partial charge in [-0.3, -0.25) is 0 Å². The summed E-state index contributed by atoms with van der Waals surface area (Å²) in [7, 11) is 0. The minimum atomic E-state index is -0.287. The molecule has 5 heterocycles. The van der Waals surface area contributed by atoms with Crippen molar-refractivity contribution in [3.05, 3.63) is 164 Å². The summed E-state index contributed by atoms with van der Waals surface area (Å²) in [4.78, 5) is 0. The summed E-state index contributed by atoms with van der Waals surface area (Å²) in [5.74, 6) is 2.54. The summed E-state index contributed by atoms with van der Waals surface area (Å²) in [6.45, 7) is -0.287. The van der Waals surface area contributed by atoms with Gasteiger partial charge < -0.3 is 18.4 Å². The first-order valence-electron chi connectivity index (χ1n) is 18.2. The van der Waals surface area contributed by atoms with Gasteiger partial charge in [0.2, 0.25) is 0 Å². The monoisotopic (exact) mass is 674 g/mol. The van der Waals surface area contributed by atoms with Crippen LogP contribution in [-0.2, 0) is 0 Å². The molecule has 11 aromatic rings. The van der Waals surface area contributed by atoms with Crippen LogP contribution in [0.5, 0.6) is 17.2 Å². The van der Waals surface area contributed by atoms with E-state index in [2.05, 4.69) is 173 Å². The highest BCUT2D eigenvalue weighted by molar-refractivity contribution is 6.84. The van der Waals surface area contributed by atoms with E-state index in [-0.39, 0.29) is 6.92 Å². The molecule has 0 N–H and O–H groups in total. The van der Waals surface area contributed by atoms with Crippen molar-refractivity contribution in [1.82, 2.24) is 8.97 Å². The lowest BCUT2D eigenvalue weighted by atomic mass is 9.50. The number of para-hydroxylation sites is 5. The Morgan fingerprint density at radius 3 is 1.68 bits per heavy atom. The van der Waals surface area contributed by atoms with E-state index in [4.69, 9.17) is 9.39 Å². The molecule has 0 spiro atoms. The number of rotatable bonds is 2. The van der Waals surface area contributed by atoms with Crippen molar-refractivity contribution in [3.8, 4) is 45.2 Å². The van der Waals surface area contributed by atoms with Gasteiger partial charge in [-0.2, -0.15) is 0 Å². The normalized spacial score (nSPS) is 13.2. The molecular formula is C48H27BN2O2. The number of hydrogen-bond acceptors (Lipinski definition) is 2. The van der Waals surface area contributed by atoms with Crippen LogP contribution in [-0.4, -0.2) is 15.9 Å². The summed E-state index contributed by atoms with van der Waals surface area (Å²) >= 11 is 0. The smallest absolute Gasteiger partial charge is 0.434 e. The largest absolute Gasteiger partial charge is 0.551 e. The molecule has 0 saturated carbocycles. The lowest BCUT2D eigenvalue weighted by Crippen LogP contribution is -2.53. The number of ether oxygens (including phenoxy) is 1. The number of fused-ring (bicyclic) bond motifs is 13. The summed E-state index contributed by atoms with van der Waals surface area (Å²) in [5, 5.41) is 7.53. The summed E-state index contributed by atoms with van der Waals surface area (Å²) in [6.07, 6.45) is 0. The Kier molecular flexibility index (Phi) is 5.16. The van der Waals surface area contributed by atoms with E-state index < -0.39 is 0 Å². The van der Waals surface area contributed by atoms with Crippen LogP contribution in [0.15, 0.2) is 164 Å². The average molecular weight is 675 g/mol. The van der Waals surface area contributed by atoms with Crippen LogP contribution in [0.3, 0.4) is 0 Å². The van der Waals surface area contributed by atoms with Crippen molar-refractivity contribution < 1.29 is 9.39 Å². The topological polar surface area (TPSA) is 27.8 Å². The molecule has 0 unspecified atom stereocenters. The maximum atomic E-state index is 7.03. The Balaban J connectivity index is 1.03. The van der Waals surface area contributed by atoms with E-state index in [9.17, 15) is 0 Å². The molecule has 2 aliphatic rings. The molecule has 0 amide bonds. The summed E-state index contributed by atoms with van der Waals surface area (Å²) in [6, 6.07) is 59.1. The van der Waals surface area contributed by atoms with Crippen LogP contribution in [0.25, 0.3) is 87.8 Å². The van der Waals surface area contributed by atoms with Gasteiger partial charge in [0.05, 0.1) is 33.3 Å². The van der Waals surface area contributed by atoms with Gasteiger partial charge in [0.25, 0.3) is 0 Å². The second-order valence-corrected chi connectivity index (χ2v) is 14.4. The highest BCUT2D eigenvalue weighted by atomic mass is 16.5. The molecule has 0 fully saturated rings. The first kappa shape index (κ1) is 27.7. The third kappa shape index (κ3) is 3.56. The van der Waals surface area contributed by atoms with Crippen molar-refractivity contribution in [1.29, 1.82) is 0 Å². The molecule has 244 valence electrons. The molecule has 4 nitrogen and oxygen atoms in total. The van der Waals surface area contributed by atoms with Gasteiger partial charge in [-0.1, -0.05) is 103 Å². The summed E-state index contributed by atoms with van der Waals surface area (Å²) < 4.78 is 18.7. The van der Waals surface area contributed by atoms with Crippen molar-refractivity contribution in [2.75, 3.05) is 0 Å². The molecule has 13 rings (SSSR count). The Hall–Kier alpha value is -6.98. The van der Waals surface area contributed by atoms with Crippen molar-refractivity contribution in [2.45, 2.75) is 0 Å². The second kappa shape index (κ2) is 9.87. The zero-order chi connectivity index (χ0) is 34.4. The highest BCUT2D eigenvalue weighted by Gasteiger charge is 2.41. The van der Waals surface area contributed by atoms with E-state index in [0.29, 0.717) is 0 Å². The number of nitrogens with zero attached hydrogens (tertiary/aromatic N) is 2. The first-order valence-corrected chi connectivity index (χ1v) is 18.2. The number of hydrogen-bond donors (Lipinski definition) is 0. The maximum Gasteiger partial charge on any atom is 0.434 e. The lowest BCUT2D eigenvalue weighted by molar-refractivity contribution is 0.479. The number of aromatic nitrogens is 2. The zero-order valence-electron chi connectivity index (χ0n) is 28.4. The molecule has 0 aliphatic carbocycles. The van der Waals surface area contributed by atoms with E-state index in [0.717, 1.165) is 50.6 Å². The average Bonchev–Trinajstić information content (AvgIpc) is 3.85. The molecule has 0 bridgehead atoms. The van der Waals surface area contributed by atoms with E-state index >= 15 is 0 Å². The summed E-state index contributed by atoms with van der Waals surface area (Å²) in [5.41, 5.74) is 13.8. The molecule has 0 saturated heterocycles. The minimum absolute atomic E-state index is 0.287. The quantitative estimate of drug-likeness (QED) is 0.171. The molecule has 53 heavy (non-hydrogen) atoms. The third-order valence-corrected chi connectivity index (χ3v) is 11.7. The number of benzene rings is 8. The van der Waals surface area contributed by atoms with Crippen LogP contribution >= 0.6 is 0 Å². The Morgan fingerprint density at radius 2 is 1.00 bits per heavy atom. The fourth-order valence-corrected chi connectivity index (χ4v) is 9.47. The fourth-order valence-electron chi connectivity index (χ4n) is 9.47. The SMILES string of the molecule is c1ccc2c(c1)OB1c3ccc(-c4cc5c6ccccc6n6c7ccccc7c(c4)c56)cc3Oc3cc(-n4c5ccccc5c5ccccc54)cc-2c31. The predicted molar refractivity (Wildman–Crippen MR) is 218 cm³/mol. The van der Waals surface area contributed by atoms with Crippen molar-refractivity contribution >= 4 is 77.7 Å². The van der Waals surface area contributed by atoms with Gasteiger partial charge in [0.1, 0.15) is 17.2 Å². The van der Waals surface area contributed by atoms with Crippen molar-refractivity contribution in [3.63, 3.8) is 0 Å². The molecule has 0 atom stereocenters. The second-order valence-electron chi connectivity index (χ2n) is 14.4. The first-order chi connectivity index (χ1) is 26.3. The van der Waals surface area contributed by atoms with Crippen LogP contribution in [0.2, 0.25) is 0 Å². The molecule has 2 aliphatic heterocycles. The predicted octanol–water partition coefficient (Wildman–Crippen LogP) is 10.9. The van der Waals surface area contributed by atoms with Crippen LogP contribution < -0.4 is 20.3 Å². The van der Waals surface area contributed by atoms with Crippen molar-refractivity contribution in [2.24, 2.45) is 0 Å². The molecule has 0 radical (unpaired) electrons. The Bertz CT molecular complexity index is 3240. The standard InChI is InChI=1S/C48H27BN2O2/c1-6-16-40-31(11-1)32-12-2-7-17-41(32)50(40)30-26-36-35-15-5-10-20-44(35)53-49-39-22-21-28(25-45(39)52-46(27-30)47(36)49)29-23-37-33-13-3-8-18-42(33)51-43-19-9-4-14-34(43)38(24-29)48(37)51/h1-27H. The van der Waals surface area contributed by atoms with Gasteiger partial charge in [0, 0.05) is 54.9 Å². The van der Waals surface area contributed by atoms with Crippen LogP contribution in [0.1, 0.15) is 0 Å². The lowest BCUT2D eigenvalue weighted by Gasteiger charge is -2.33. The van der Waals surface area contributed by atoms with E-state index in [1.165, 1.54) is 65.5 Å². The van der Waals surface area contributed by atoms with Gasteiger partial charge in [-0.15, -0.1) is 0 Å². The van der Waals surface area contributed by atoms with E-state index in [1.54, 1.807) is 0 Å². The van der Waals surface area contributed by atoms with E-state index in [1.807, 2.05) is 0 Å². The zero-order valence-corrected chi connectivity index (χ0v) is 28.4. The Labute approximate surface area is 304 Å². The molecule has 8 aromatic carbocycles. The minimum Gasteiger partial charge on any atom is -0.551 e. The molecule has 3 aromatic heterocycles. The van der Waals surface area contributed by atoms with Gasteiger partial charge in [-0.05, 0) is 71.3 Å². The van der Waals surface area contributed by atoms with Crippen LogP contribution in [0, 0.1) is 0 Å².